The van der Waals surface area contributed by atoms with Gasteiger partial charge in [0.05, 0.1) is 0 Å². The summed E-state index contributed by atoms with van der Waals surface area (Å²) in [7, 11) is 2.07. The van der Waals surface area contributed by atoms with Crippen molar-refractivity contribution in [3.05, 3.63) is 23.8 Å². The second-order valence-corrected chi connectivity index (χ2v) is 5.73. The van der Waals surface area contributed by atoms with Crippen LogP contribution in [-0.2, 0) is 6.42 Å². The number of carbonyl (C=O) groups excluding carboxylic acids is 1. The number of benzene rings is 1. The second kappa shape index (κ2) is 5.32. The van der Waals surface area contributed by atoms with E-state index in [4.69, 9.17) is 5.11 Å². The molecule has 2 aliphatic rings. The molecule has 2 amide bonds. The highest BCUT2D eigenvalue weighted by Gasteiger charge is 2.26. The lowest BCUT2D eigenvalue weighted by atomic mass is 10.1. The van der Waals surface area contributed by atoms with Crippen molar-refractivity contribution in [3.63, 3.8) is 0 Å². The Labute approximate surface area is 119 Å². The van der Waals surface area contributed by atoms with Crippen LogP contribution in [0, 0.1) is 5.92 Å². The quantitative estimate of drug-likeness (QED) is 0.860. The van der Waals surface area contributed by atoms with Crippen molar-refractivity contribution < 1.29 is 9.90 Å². The highest BCUT2D eigenvalue weighted by Crippen LogP contribution is 2.29. The normalized spacial score (nSPS) is 21.2. The summed E-state index contributed by atoms with van der Waals surface area (Å²) in [6.45, 7) is 2.57. The number of fused-ring (bicyclic) bond motifs is 1. The highest BCUT2D eigenvalue weighted by molar-refractivity contribution is 5.90. The number of likely N-dealkylation sites (tertiary alicyclic amines) is 1. The molecular weight excluding hydrogens is 254 g/mol. The standard InChI is InChI=1S/C15H21N3O2/c1-17-6-5-12-2-3-13(8-14(12)17)16-15(20)18-7-4-11(9-18)10-19/h2-3,8,11,19H,4-7,9-10H2,1H3,(H,16,20). The number of anilines is 2. The monoisotopic (exact) mass is 275 g/mol. The highest BCUT2D eigenvalue weighted by atomic mass is 16.3. The topological polar surface area (TPSA) is 55.8 Å². The molecule has 20 heavy (non-hydrogen) atoms. The van der Waals surface area contributed by atoms with E-state index in [1.807, 2.05) is 12.1 Å². The van der Waals surface area contributed by atoms with Gasteiger partial charge in [-0.05, 0) is 30.5 Å². The molecule has 1 aromatic rings. The van der Waals surface area contributed by atoms with Crippen molar-refractivity contribution in [2.75, 3.05) is 43.5 Å². The Balaban J connectivity index is 1.66. The van der Waals surface area contributed by atoms with Crippen LogP contribution < -0.4 is 10.2 Å². The van der Waals surface area contributed by atoms with Crippen molar-refractivity contribution in [1.29, 1.82) is 0 Å². The van der Waals surface area contributed by atoms with E-state index in [2.05, 4.69) is 23.3 Å². The fourth-order valence-corrected chi connectivity index (χ4v) is 2.99. The van der Waals surface area contributed by atoms with Crippen molar-refractivity contribution in [2.45, 2.75) is 12.8 Å². The van der Waals surface area contributed by atoms with Crippen LogP contribution in [0.1, 0.15) is 12.0 Å². The summed E-state index contributed by atoms with van der Waals surface area (Å²) < 4.78 is 0. The second-order valence-electron chi connectivity index (χ2n) is 5.73. The largest absolute Gasteiger partial charge is 0.396 e. The van der Waals surface area contributed by atoms with Crippen LogP contribution in [0.25, 0.3) is 0 Å². The summed E-state index contributed by atoms with van der Waals surface area (Å²) >= 11 is 0. The van der Waals surface area contributed by atoms with Gasteiger partial charge in [0.1, 0.15) is 0 Å². The third-order valence-electron chi connectivity index (χ3n) is 4.30. The van der Waals surface area contributed by atoms with E-state index in [0.717, 1.165) is 31.6 Å². The summed E-state index contributed by atoms with van der Waals surface area (Å²) in [5.74, 6) is 0.229. The van der Waals surface area contributed by atoms with Gasteiger partial charge in [-0.25, -0.2) is 4.79 Å². The first-order chi connectivity index (χ1) is 9.67. The number of nitrogens with zero attached hydrogens (tertiary/aromatic N) is 2. The number of likely N-dealkylation sites (N-methyl/N-ethyl adjacent to an activating group) is 1. The van der Waals surface area contributed by atoms with E-state index in [0.29, 0.717) is 6.54 Å². The third kappa shape index (κ3) is 2.45. The summed E-state index contributed by atoms with van der Waals surface area (Å²) in [4.78, 5) is 16.2. The molecule has 1 saturated heterocycles. The van der Waals surface area contributed by atoms with E-state index >= 15 is 0 Å². The molecule has 3 rings (SSSR count). The number of amides is 2. The van der Waals surface area contributed by atoms with Crippen LogP contribution in [0.2, 0.25) is 0 Å². The first-order valence-electron chi connectivity index (χ1n) is 7.18. The predicted molar refractivity (Wildman–Crippen MR) is 79.2 cm³/mol. The molecule has 1 aromatic carbocycles. The van der Waals surface area contributed by atoms with Crippen molar-refractivity contribution in [1.82, 2.24) is 4.90 Å². The molecule has 5 nitrogen and oxygen atoms in total. The van der Waals surface area contributed by atoms with Crippen LogP contribution in [0.3, 0.4) is 0 Å². The summed E-state index contributed by atoms with van der Waals surface area (Å²) in [6, 6.07) is 6.03. The minimum Gasteiger partial charge on any atom is -0.396 e. The van der Waals surface area contributed by atoms with Gasteiger partial charge in [-0.1, -0.05) is 6.07 Å². The van der Waals surface area contributed by atoms with E-state index in [1.54, 1.807) is 4.90 Å². The van der Waals surface area contributed by atoms with E-state index in [-0.39, 0.29) is 18.6 Å². The zero-order valence-corrected chi connectivity index (χ0v) is 11.8. The minimum atomic E-state index is -0.0680. The first-order valence-corrected chi connectivity index (χ1v) is 7.18. The molecule has 1 unspecified atom stereocenters. The SMILES string of the molecule is CN1CCc2ccc(NC(=O)N3CCC(CO)C3)cc21. The number of aliphatic hydroxyl groups is 1. The molecule has 0 radical (unpaired) electrons. The molecular formula is C15H21N3O2. The van der Waals surface area contributed by atoms with Gasteiger partial charge in [-0.15, -0.1) is 0 Å². The summed E-state index contributed by atoms with van der Waals surface area (Å²) in [6.07, 6.45) is 1.96. The number of nitrogens with one attached hydrogen (secondary N) is 1. The molecule has 5 heteroatoms. The number of carbonyl (C=O) groups is 1. The Hall–Kier alpha value is -1.75. The Morgan fingerprint density at radius 3 is 3.05 bits per heavy atom. The smallest absolute Gasteiger partial charge is 0.321 e. The molecule has 0 saturated carbocycles. The lowest BCUT2D eigenvalue weighted by Gasteiger charge is -2.18. The minimum absolute atomic E-state index is 0.0680. The molecule has 1 fully saturated rings. The van der Waals surface area contributed by atoms with Gasteiger partial charge in [-0.3, -0.25) is 0 Å². The van der Waals surface area contributed by atoms with Crippen LogP contribution in [0.4, 0.5) is 16.2 Å². The number of hydrogen-bond acceptors (Lipinski definition) is 3. The van der Waals surface area contributed by atoms with Gasteiger partial charge in [0.25, 0.3) is 0 Å². The average molecular weight is 275 g/mol. The fraction of sp³-hybridized carbons (Fsp3) is 0.533. The van der Waals surface area contributed by atoms with Crippen LogP contribution >= 0.6 is 0 Å². The summed E-state index contributed by atoms with van der Waals surface area (Å²) in [5.41, 5.74) is 3.39. The zero-order chi connectivity index (χ0) is 14.1. The van der Waals surface area contributed by atoms with E-state index < -0.39 is 0 Å². The summed E-state index contributed by atoms with van der Waals surface area (Å²) in [5, 5.41) is 12.1. The van der Waals surface area contributed by atoms with Crippen molar-refractivity contribution in [2.24, 2.45) is 5.92 Å². The van der Waals surface area contributed by atoms with Crippen molar-refractivity contribution in [3.8, 4) is 0 Å². The molecule has 0 bridgehead atoms. The van der Waals surface area contributed by atoms with Gasteiger partial charge in [0.15, 0.2) is 0 Å². The van der Waals surface area contributed by atoms with Crippen LogP contribution in [0.5, 0.6) is 0 Å². The van der Waals surface area contributed by atoms with Gasteiger partial charge >= 0.3 is 6.03 Å². The lowest BCUT2D eigenvalue weighted by molar-refractivity contribution is 0.209. The maximum Gasteiger partial charge on any atom is 0.321 e. The molecule has 1 atom stereocenters. The van der Waals surface area contributed by atoms with Crippen LogP contribution in [0.15, 0.2) is 18.2 Å². The lowest BCUT2D eigenvalue weighted by Crippen LogP contribution is -2.33. The molecule has 0 aromatic heterocycles. The molecule has 108 valence electrons. The van der Waals surface area contributed by atoms with Gasteiger partial charge in [0, 0.05) is 50.6 Å². The van der Waals surface area contributed by atoms with Gasteiger partial charge in [-0.2, -0.15) is 0 Å². The third-order valence-corrected chi connectivity index (χ3v) is 4.30. The predicted octanol–water partition coefficient (Wildman–Crippen LogP) is 1.52. The Bertz CT molecular complexity index is 518. The van der Waals surface area contributed by atoms with Gasteiger partial charge in [0.2, 0.25) is 0 Å². The van der Waals surface area contributed by atoms with E-state index in [9.17, 15) is 4.79 Å². The molecule has 2 heterocycles. The molecule has 0 aliphatic carbocycles. The Kier molecular flexibility index (Phi) is 3.53. The van der Waals surface area contributed by atoms with Gasteiger partial charge < -0.3 is 20.2 Å². The number of aliphatic hydroxyl groups excluding tert-OH is 1. The van der Waals surface area contributed by atoms with Crippen LogP contribution in [-0.4, -0.2) is 49.3 Å². The van der Waals surface area contributed by atoms with E-state index in [1.165, 1.54) is 11.3 Å². The maximum absolute atomic E-state index is 12.2. The number of urea groups is 1. The van der Waals surface area contributed by atoms with Crippen molar-refractivity contribution >= 4 is 17.4 Å². The molecule has 0 spiro atoms. The first kappa shape index (κ1) is 13.2. The zero-order valence-electron chi connectivity index (χ0n) is 11.8. The average Bonchev–Trinajstić information content (AvgIpc) is 3.06. The molecule has 2 aliphatic heterocycles. The number of hydrogen-bond donors (Lipinski definition) is 2. The fourth-order valence-electron chi connectivity index (χ4n) is 2.99. The Morgan fingerprint density at radius 2 is 2.30 bits per heavy atom. The number of rotatable bonds is 2. The molecule has 2 N–H and O–H groups in total. The Morgan fingerprint density at radius 1 is 1.45 bits per heavy atom. The maximum atomic E-state index is 12.2.